The molecule has 0 atom stereocenters. The molecule has 0 radical (unpaired) electrons. The van der Waals surface area contributed by atoms with Crippen molar-refractivity contribution in [3.8, 4) is 11.5 Å². The van der Waals surface area contributed by atoms with Gasteiger partial charge in [-0.25, -0.2) is 5.43 Å². The number of nitrogens with one attached hydrogen (secondary N) is 1. The summed E-state index contributed by atoms with van der Waals surface area (Å²) in [4.78, 5) is 11.9. The number of carbonyl (C=O) groups excluding carboxylic acids is 1. The summed E-state index contributed by atoms with van der Waals surface area (Å²) in [5, 5.41) is 27.0. The van der Waals surface area contributed by atoms with Crippen LogP contribution in [-0.2, 0) is 7.05 Å². The Morgan fingerprint density at radius 2 is 2.14 bits per heavy atom. The highest BCUT2D eigenvalue weighted by molar-refractivity contribution is 9.10. The van der Waals surface area contributed by atoms with Crippen LogP contribution in [0.4, 0.5) is 0 Å². The van der Waals surface area contributed by atoms with Crippen molar-refractivity contribution in [1.82, 2.24) is 15.2 Å². The van der Waals surface area contributed by atoms with Crippen LogP contribution in [0.3, 0.4) is 0 Å². The Morgan fingerprint density at radius 1 is 1.43 bits per heavy atom. The number of amides is 1. The molecule has 1 heterocycles. The smallest absolute Gasteiger partial charge is 0.293 e. The van der Waals surface area contributed by atoms with Crippen molar-refractivity contribution in [3.63, 3.8) is 0 Å². The zero-order valence-electron chi connectivity index (χ0n) is 11.3. The third-order valence-corrected chi connectivity index (χ3v) is 3.27. The third kappa shape index (κ3) is 3.40. The van der Waals surface area contributed by atoms with E-state index in [0.717, 1.165) is 0 Å². The number of carbonyl (C=O) groups is 1. The first-order valence-corrected chi connectivity index (χ1v) is 6.74. The van der Waals surface area contributed by atoms with E-state index in [4.69, 9.17) is 0 Å². The van der Waals surface area contributed by atoms with Gasteiger partial charge in [0.15, 0.2) is 5.69 Å². The lowest BCUT2D eigenvalue weighted by atomic mass is 10.1. The second kappa shape index (κ2) is 5.96. The molecule has 3 N–H and O–H groups in total. The number of halogens is 1. The third-order valence-electron chi connectivity index (χ3n) is 2.69. The highest BCUT2D eigenvalue weighted by Crippen LogP contribution is 2.22. The molecule has 0 bridgehead atoms. The molecular formula is C13H13BrN4O3. The van der Waals surface area contributed by atoms with Crippen LogP contribution in [0.25, 0.3) is 0 Å². The number of phenolic OH excluding ortho intramolecular Hbond substituents is 2. The van der Waals surface area contributed by atoms with Crippen LogP contribution in [0.2, 0.25) is 0 Å². The monoisotopic (exact) mass is 352 g/mol. The molecular weight excluding hydrogens is 340 g/mol. The summed E-state index contributed by atoms with van der Waals surface area (Å²) in [7, 11) is 1.70. The summed E-state index contributed by atoms with van der Waals surface area (Å²) >= 11 is 3.23. The summed E-state index contributed by atoms with van der Waals surface area (Å²) in [6.07, 6.45) is 1.65. The zero-order chi connectivity index (χ0) is 15.6. The summed E-state index contributed by atoms with van der Waals surface area (Å²) in [6, 6.07) is 4.06. The molecule has 7 nitrogen and oxygen atoms in total. The minimum atomic E-state index is -0.485. The lowest BCUT2D eigenvalue weighted by molar-refractivity contribution is 0.0948. The Balaban J connectivity index is 2.19. The molecule has 0 aliphatic carbocycles. The van der Waals surface area contributed by atoms with Gasteiger partial charge in [-0.3, -0.25) is 9.48 Å². The van der Waals surface area contributed by atoms with Gasteiger partial charge in [0.2, 0.25) is 0 Å². The van der Waals surface area contributed by atoms with Crippen LogP contribution < -0.4 is 5.43 Å². The van der Waals surface area contributed by atoms with E-state index in [1.54, 1.807) is 20.2 Å². The van der Waals surface area contributed by atoms with Crippen LogP contribution in [0.5, 0.6) is 11.5 Å². The van der Waals surface area contributed by atoms with Gasteiger partial charge < -0.3 is 10.2 Å². The normalized spacial score (nSPS) is 11.5. The van der Waals surface area contributed by atoms with Crippen LogP contribution in [0, 0.1) is 0 Å². The standard InChI is InChI=1S/C13H13BrN4O3/c1-7(9-5-8(19)3-4-11(9)20)15-16-13(21)12-10(14)6-18(2)17-12/h3-6,19-20H,1-2H3,(H,16,21)/b15-7-. The van der Waals surface area contributed by atoms with E-state index in [-0.39, 0.29) is 17.2 Å². The van der Waals surface area contributed by atoms with Crippen molar-refractivity contribution in [1.29, 1.82) is 0 Å². The Bertz CT molecular complexity index is 724. The molecule has 0 aliphatic rings. The van der Waals surface area contributed by atoms with Crippen molar-refractivity contribution in [2.24, 2.45) is 12.1 Å². The summed E-state index contributed by atoms with van der Waals surface area (Å²) in [5.41, 5.74) is 3.23. The fraction of sp³-hybridized carbons (Fsp3) is 0.154. The van der Waals surface area contributed by atoms with Gasteiger partial charge in [0, 0.05) is 18.8 Å². The van der Waals surface area contributed by atoms with Gasteiger partial charge in [-0.15, -0.1) is 0 Å². The highest BCUT2D eigenvalue weighted by Gasteiger charge is 2.14. The van der Waals surface area contributed by atoms with Gasteiger partial charge in [-0.2, -0.15) is 10.2 Å². The number of nitrogens with zero attached hydrogens (tertiary/aromatic N) is 3. The summed E-state index contributed by atoms with van der Waals surface area (Å²) in [5.74, 6) is -0.528. The number of aryl methyl sites for hydroxylation is 1. The minimum Gasteiger partial charge on any atom is -0.508 e. The first kappa shape index (κ1) is 15.0. The molecule has 0 saturated heterocycles. The van der Waals surface area contributed by atoms with Gasteiger partial charge in [-0.05, 0) is 41.1 Å². The molecule has 0 aliphatic heterocycles. The SMILES string of the molecule is C/C(=N/NC(=O)c1nn(C)cc1Br)c1cc(O)ccc1O. The van der Waals surface area contributed by atoms with E-state index in [0.29, 0.717) is 15.7 Å². The molecule has 2 rings (SSSR count). The van der Waals surface area contributed by atoms with Gasteiger partial charge in [0.25, 0.3) is 5.91 Å². The average Bonchev–Trinajstić information content (AvgIpc) is 2.77. The number of rotatable bonds is 3. The molecule has 110 valence electrons. The lowest BCUT2D eigenvalue weighted by Crippen LogP contribution is -2.20. The molecule has 0 spiro atoms. The van der Waals surface area contributed by atoms with E-state index in [1.807, 2.05) is 0 Å². The van der Waals surface area contributed by atoms with E-state index in [2.05, 4.69) is 31.6 Å². The van der Waals surface area contributed by atoms with Crippen molar-refractivity contribution in [2.75, 3.05) is 0 Å². The number of phenols is 2. The van der Waals surface area contributed by atoms with Crippen molar-refractivity contribution >= 4 is 27.5 Å². The second-order valence-electron chi connectivity index (χ2n) is 4.34. The van der Waals surface area contributed by atoms with Crippen LogP contribution in [0.15, 0.2) is 34.0 Å². The maximum absolute atomic E-state index is 11.9. The molecule has 1 aromatic heterocycles. The number of aromatic hydroxyl groups is 2. The van der Waals surface area contributed by atoms with Crippen LogP contribution in [-0.4, -0.2) is 31.6 Å². The number of aromatic nitrogens is 2. The number of hydrogen-bond donors (Lipinski definition) is 3. The fourth-order valence-corrected chi connectivity index (χ4v) is 2.23. The first-order chi connectivity index (χ1) is 9.88. The topological polar surface area (TPSA) is 99.7 Å². The molecule has 1 aromatic carbocycles. The largest absolute Gasteiger partial charge is 0.508 e. The maximum atomic E-state index is 11.9. The molecule has 1 amide bonds. The minimum absolute atomic E-state index is 0.00357. The molecule has 0 unspecified atom stereocenters. The van der Waals surface area contributed by atoms with E-state index < -0.39 is 5.91 Å². The zero-order valence-corrected chi connectivity index (χ0v) is 12.9. The highest BCUT2D eigenvalue weighted by atomic mass is 79.9. The second-order valence-corrected chi connectivity index (χ2v) is 5.19. The Kier molecular flexibility index (Phi) is 4.27. The molecule has 0 fully saturated rings. The van der Waals surface area contributed by atoms with Crippen molar-refractivity contribution in [3.05, 3.63) is 40.1 Å². The molecule has 0 saturated carbocycles. The van der Waals surface area contributed by atoms with E-state index in [1.165, 1.54) is 22.9 Å². The molecule has 8 heteroatoms. The van der Waals surface area contributed by atoms with Crippen LogP contribution in [0.1, 0.15) is 23.0 Å². The van der Waals surface area contributed by atoms with Gasteiger partial charge in [0.1, 0.15) is 11.5 Å². The predicted molar refractivity (Wildman–Crippen MR) is 80.4 cm³/mol. The van der Waals surface area contributed by atoms with Gasteiger partial charge in [-0.1, -0.05) is 0 Å². The Labute approximate surface area is 129 Å². The quantitative estimate of drug-likeness (QED) is 0.445. The van der Waals surface area contributed by atoms with E-state index in [9.17, 15) is 15.0 Å². The predicted octanol–water partition coefficient (Wildman–Crippen LogP) is 1.75. The number of hydrazone groups is 1. The number of benzene rings is 1. The van der Waals surface area contributed by atoms with Gasteiger partial charge >= 0.3 is 0 Å². The Morgan fingerprint density at radius 3 is 2.76 bits per heavy atom. The summed E-state index contributed by atoms with van der Waals surface area (Å²) in [6.45, 7) is 1.60. The first-order valence-electron chi connectivity index (χ1n) is 5.94. The molecule has 2 aromatic rings. The van der Waals surface area contributed by atoms with Crippen LogP contribution >= 0.6 is 15.9 Å². The summed E-state index contributed by atoms with van der Waals surface area (Å²) < 4.78 is 2.05. The van der Waals surface area contributed by atoms with Gasteiger partial charge in [0.05, 0.1) is 10.2 Å². The lowest BCUT2D eigenvalue weighted by Gasteiger charge is -2.05. The van der Waals surface area contributed by atoms with Crippen molar-refractivity contribution < 1.29 is 15.0 Å². The molecule has 21 heavy (non-hydrogen) atoms. The number of hydrogen-bond acceptors (Lipinski definition) is 5. The average molecular weight is 353 g/mol. The van der Waals surface area contributed by atoms with Crippen molar-refractivity contribution in [2.45, 2.75) is 6.92 Å². The van der Waals surface area contributed by atoms with E-state index >= 15 is 0 Å². The maximum Gasteiger partial charge on any atom is 0.293 e. The fourth-order valence-electron chi connectivity index (χ4n) is 1.68. The Hall–Kier alpha value is -2.35.